The lowest BCUT2D eigenvalue weighted by Gasteiger charge is -2.18. The van der Waals surface area contributed by atoms with Gasteiger partial charge in [0.15, 0.2) is 11.5 Å². The first kappa shape index (κ1) is 19.5. The summed E-state index contributed by atoms with van der Waals surface area (Å²) in [6.07, 6.45) is 2.54. The first-order valence-electron chi connectivity index (χ1n) is 7.73. The maximum atomic E-state index is 12.5. The minimum atomic E-state index is -1.05. The zero-order chi connectivity index (χ0) is 18.3. The molecule has 1 aromatic rings. The van der Waals surface area contributed by atoms with Gasteiger partial charge in [0.25, 0.3) is 5.91 Å². The van der Waals surface area contributed by atoms with Gasteiger partial charge in [0.2, 0.25) is 0 Å². The summed E-state index contributed by atoms with van der Waals surface area (Å²) in [4.78, 5) is 23.8. The summed E-state index contributed by atoms with van der Waals surface area (Å²) in [7, 11) is 3.00. The Kier molecular flexibility index (Phi) is 7.30. The van der Waals surface area contributed by atoms with Crippen molar-refractivity contribution in [3.8, 4) is 11.5 Å². The van der Waals surface area contributed by atoms with Crippen molar-refractivity contribution in [3.05, 3.63) is 35.9 Å². The molecule has 0 aliphatic carbocycles. The van der Waals surface area contributed by atoms with E-state index in [1.807, 2.05) is 13.8 Å². The highest BCUT2D eigenvalue weighted by Gasteiger charge is 2.23. The number of aliphatic carboxylic acids is 1. The Morgan fingerprint density at radius 1 is 1.29 bits per heavy atom. The van der Waals surface area contributed by atoms with Gasteiger partial charge in [-0.25, -0.2) is 4.79 Å². The van der Waals surface area contributed by atoms with Gasteiger partial charge >= 0.3 is 5.97 Å². The van der Waals surface area contributed by atoms with Crippen molar-refractivity contribution < 1.29 is 24.2 Å². The summed E-state index contributed by atoms with van der Waals surface area (Å²) in [5, 5.41) is 11.8. The third kappa shape index (κ3) is 5.01. The molecular weight excluding hydrogens is 310 g/mol. The number of hydrogen-bond acceptors (Lipinski definition) is 4. The van der Waals surface area contributed by atoms with Crippen LogP contribution in [0.15, 0.2) is 24.8 Å². The number of nitrogens with one attached hydrogen (secondary N) is 1. The van der Waals surface area contributed by atoms with Crippen LogP contribution in [0.1, 0.15) is 36.2 Å². The molecule has 0 saturated heterocycles. The van der Waals surface area contributed by atoms with Crippen molar-refractivity contribution in [1.82, 2.24) is 5.32 Å². The van der Waals surface area contributed by atoms with Crippen LogP contribution in [0.25, 0.3) is 0 Å². The molecule has 6 nitrogen and oxygen atoms in total. The van der Waals surface area contributed by atoms with Crippen LogP contribution in [0.2, 0.25) is 0 Å². The van der Waals surface area contributed by atoms with Crippen LogP contribution in [-0.2, 0) is 11.2 Å². The normalized spacial score (nSPS) is 11.7. The predicted octanol–water partition coefficient (Wildman–Crippen LogP) is 2.66. The van der Waals surface area contributed by atoms with E-state index in [0.717, 1.165) is 5.56 Å². The van der Waals surface area contributed by atoms with Crippen molar-refractivity contribution in [3.63, 3.8) is 0 Å². The number of amides is 1. The van der Waals surface area contributed by atoms with E-state index in [4.69, 9.17) is 9.47 Å². The molecule has 0 bridgehead atoms. The van der Waals surface area contributed by atoms with Crippen LogP contribution in [-0.4, -0.2) is 37.2 Å². The van der Waals surface area contributed by atoms with Crippen LogP contribution in [0.3, 0.4) is 0 Å². The Bertz CT molecular complexity index is 610. The molecule has 0 aromatic heterocycles. The molecule has 1 aromatic carbocycles. The molecule has 1 amide bonds. The number of carboxylic acid groups (broad SMARTS) is 1. The zero-order valence-electron chi connectivity index (χ0n) is 14.6. The van der Waals surface area contributed by atoms with Crippen LogP contribution in [0, 0.1) is 5.92 Å². The SMILES string of the molecule is C=CCc1cc(C(=O)N[C@H](CC(C)C)C(=O)O)cc(OC)c1OC. The molecule has 0 aliphatic heterocycles. The number of ether oxygens (including phenoxy) is 2. The van der Waals surface area contributed by atoms with Gasteiger partial charge in [-0.05, 0) is 30.9 Å². The maximum Gasteiger partial charge on any atom is 0.326 e. The highest BCUT2D eigenvalue weighted by Crippen LogP contribution is 2.33. The van der Waals surface area contributed by atoms with Gasteiger partial charge < -0.3 is 19.9 Å². The lowest BCUT2D eigenvalue weighted by molar-refractivity contribution is -0.139. The van der Waals surface area contributed by atoms with E-state index >= 15 is 0 Å². The lowest BCUT2D eigenvalue weighted by Crippen LogP contribution is -2.41. The van der Waals surface area contributed by atoms with Crippen LogP contribution in [0.4, 0.5) is 0 Å². The highest BCUT2D eigenvalue weighted by molar-refractivity contribution is 5.97. The van der Waals surface area contributed by atoms with E-state index in [1.165, 1.54) is 20.3 Å². The third-order valence-electron chi connectivity index (χ3n) is 3.49. The fourth-order valence-corrected chi connectivity index (χ4v) is 2.42. The smallest absolute Gasteiger partial charge is 0.326 e. The molecule has 0 heterocycles. The number of methoxy groups -OCH3 is 2. The van der Waals surface area contributed by atoms with Crippen molar-refractivity contribution in [1.29, 1.82) is 0 Å². The van der Waals surface area contributed by atoms with Gasteiger partial charge in [0.1, 0.15) is 6.04 Å². The number of hydrogen-bond donors (Lipinski definition) is 2. The van der Waals surface area contributed by atoms with Crippen molar-refractivity contribution in [2.75, 3.05) is 14.2 Å². The molecule has 1 rings (SSSR count). The van der Waals surface area contributed by atoms with Crippen LogP contribution in [0.5, 0.6) is 11.5 Å². The van der Waals surface area contributed by atoms with Gasteiger partial charge in [-0.2, -0.15) is 0 Å². The molecule has 0 saturated carbocycles. The van der Waals surface area contributed by atoms with Gasteiger partial charge in [0.05, 0.1) is 14.2 Å². The van der Waals surface area contributed by atoms with E-state index in [-0.39, 0.29) is 5.92 Å². The van der Waals surface area contributed by atoms with Gasteiger partial charge in [-0.1, -0.05) is 19.9 Å². The molecule has 1 atom stereocenters. The predicted molar refractivity (Wildman–Crippen MR) is 91.8 cm³/mol. The maximum absolute atomic E-state index is 12.5. The molecule has 0 unspecified atom stereocenters. The van der Waals surface area contributed by atoms with Gasteiger partial charge in [-0.15, -0.1) is 6.58 Å². The van der Waals surface area contributed by atoms with Crippen LogP contribution >= 0.6 is 0 Å². The lowest BCUT2D eigenvalue weighted by atomic mass is 10.0. The number of carbonyl (C=O) groups is 2. The monoisotopic (exact) mass is 335 g/mol. The number of allylic oxidation sites excluding steroid dienone is 1. The second-order valence-corrected chi connectivity index (χ2v) is 5.86. The number of rotatable bonds is 9. The highest BCUT2D eigenvalue weighted by atomic mass is 16.5. The first-order chi connectivity index (χ1) is 11.3. The first-order valence-corrected chi connectivity index (χ1v) is 7.73. The topological polar surface area (TPSA) is 84.9 Å². The van der Waals surface area contributed by atoms with E-state index < -0.39 is 17.9 Å². The molecular formula is C18H25NO5. The standard InChI is InChI=1S/C18H25NO5/c1-6-7-12-9-13(10-15(23-4)16(12)24-5)17(20)19-14(18(21)22)8-11(2)3/h6,9-11,14H,1,7-8H2,2-5H3,(H,19,20)(H,21,22)/t14-/m1/s1. The average molecular weight is 335 g/mol. The third-order valence-corrected chi connectivity index (χ3v) is 3.49. The van der Waals surface area contributed by atoms with E-state index in [2.05, 4.69) is 11.9 Å². The molecule has 6 heteroatoms. The quantitative estimate of drug-likeness (QED) is 0.678. The van der Waals surface area contributed by atoms with E-state index in [9.17, 15) is 14.7 Å². The van der Waals surface area contributed by atoms with Gasteiger partial charge in [0, 0.05) is 11.1 Å². The molecule has 24 heavy (non-hydrogen) atoms. The Hall–Kier alpha value is -2.50. The number of benzene rings is 1. The summed E-state index contributed by atoms with van der Waals surface area (Å²) in [6, 6.07) is 2.26. The fourth-order valence-electron chi connectivity index (χ4n) is 2.42. The summed E-state index contributed by atoms with van der Waals surface area (Å²) in [5.41, 5.74) is 1.06. The van der Waals surface area contributed by atoms with Crippen molar-refractivity contribution >= 4 is 11.9 Å². The summed E-state index contributed by atoms with van der Waals surface area (Å²) in [5.74, 6) is -0.421. The van der Waals surface area contributed by atoms with Crippen LogP contribution < -0.4 is 14.8 Å². The summed E-state index contributed by atoms with van der Waals surface area (Å²) >= 11 is 0. The summed E-state index contributed by atoms with van der Waals surface area (Å²) < 4.78 is 10.6. The minimum absolute atomic E-state index is 0.146. The van der Waals surface area contributed by atoms with Crippen molar-refractivity contribution in [2.24, 2.45) is 5.92 Å². The fraction of sp³-hybridized carbons (Fsp3) is 0.444. The van der Waals surface area contributed by atoms with E-state index in [0.29, 0.717) is 29.9 Å². The molecule has 0 radical (unpaired) electrons. The Morgan fingerprint density at radius 2 is 1.96 bits per heavy atom. The second-order valence-electron chi connectivity index (χ2n) is 5.86. The Balaban J connectivity index is 3.15. The molecule has 2 N–H and O–H groups in total. The zero-order valence-corrected chi connectivity index (χ0v) is 14.6. The minimum Gasteiger partial charge on any atom is -0.493 e. The Morgan fingerprint density at radius 3 is 2.42 bits per heavy atom. The Labute approximate surface area is 142 Å². The number of carboxylic acids is 1. The molecule has 132 valence electrons. The molecule has 0 fully saturated rings. The van der Waals surface area contributed by atoms with Crippen molar-refractivity contribution in [2.45, 2.75) is 32.7 Å². The molecule has 0 spiro atoms. The van der Waals surface area contributed by atoms with Gasteiger partial charge in [-0.3, -0.25) is 4.79 Å². The molecule has 0 aliphatic rings. The number of carbonyl (C=O) groups excluding carboxylic acids is 1. The summed E-state index contributed by atoms with van der Waals surface area (Å²) in [6.45, 7) is 7.50. The van der Waals surface area contributed by atoms with E-state index in [1.54, 1.807) is 12.1 Å². The second kappa shape index (κ2) is 8.96. The largest absolute Gasteiger partial charge is 0.493 e. The average Bonchev–Trinajstić information content (AvgIpc) is 2.53.